The van der Waals surface area contributed by atoms with Crippen molar-refractivity contribution >= 4 is 23.6 Å². The number of carboxylic acids is 1. The fourth-order valence-electron chi connectivity index (χ4n) is 0.735. The normalized spacial score (nSPS) is 14.7. The Bertz CT molecular complexity index is 195. The smallest absolute Gasteiger partial charge is 0.328 e. The maximum Gasteiger partial charge on any atom is 0.328 e. The summed E-state index contributed by atoms with van der Waals surface area (Å²) in [6, 6.07) is -1.22. The highest BCUT2D eigenvalue weighted by Gasteiger charge is 2.24. The molecular weight excluding hydrogens is 194 g/mol. The van der Waals surface area contributed by atoms with Crippen LogP contribution in [0.15, 0.2) is 0 Å². The molecule has 0 rings (SSSR count). The highest BCUT2D eigenvalue weighted by Crippen LogP contribution is 1.95. The summed E-state index contributed by atoms with van der Waals surface area (Å²) < 4.78 is 0. The molecular formula is C7H13NO4S. The minimum absolute atomic E-state index is 0.191. The lowest BCUT2D eigenvalue weighted by Gasteiger charge is -2.16. The summed E-state index contributed by atoms with van der Waals surface area (Å²) in [5, 5.41) is 19.8. The predicted octanol–water partition coefficient (Wildman–Crippen LogP) is -0.700. The third kappa shape index (κ3) is 4.74. The summed E-state index contributed by atoms with van der Waals surface area (Å²) in [7, 11) is 0. The Morgan fingerprint density at radius 3 is 2.38 bits per heavy atom. The predicted molar refractivity (Wildman–Crippen MR) is 49.6 cm³/mol. The van der Waals surface area contributed by atoms with Crippen molar-refractivity contribution in [3.8, 4) is 0 Å². The Kier molecular flexibility index (Phi) is 5.48. The number of aliphatic carboxylic acids is 1. The van der Waals surface area contributed by atoms with Crippen molar-refractivity contribution in [1.82, 2.24) is 5.32 Å². The first-order valence-corrected chi connectivity index (χ1v) is 5.07. The van der Waals surface area contributed by atoms with E-state index in [2.05, 4.69) is 5.32 Å². The Hall–Kier alpha value is -0.750. The van der Waals surface area contributed by atoms with E-state index in [0.717, 1.165) is 0 Å². The largest absolute Gasteiger partial charge is 0.480 e. The van der Waals surface area contributed by atoms with Crippen molar-refractivity contribution < 1.29 is 19.8 Å². The van der Waals surface area contributed by atoms with Gasteiger partial charge in [-0.05, 0) is 13.2 Å². The highest BCUT2D eigenvalue weighted by atomic mass is 32.2. The van der Waals surface area contributed by atoms with Crippen molar-refractivity contribution in [1.29, 1.82) is 0 Å². The van der Waals surface area contributed by atoms with Gasteiger partial charge in [0, 0.05) is 0 Å². The summed E-state index contributed by atoms with van der Waals surface area (Å²) >= 11 is 1.29. The highest BCUT2D eigenvalue weighted by molar-refractivity contribution is 7.99. The molecule has 3 N–H and O–H groups in total. The maximum absolute atomic E-state index is 11.0. The Morgan fingerprint density at radius 1 is 1.54 bits per heavy atom. The zero-order chi connectivity index (χ0) is 10.4. The van der Waals surface area contributed by atoms with Gasteiger partial charge in [-0.25, -0.2) is 4.79 Å². The van der Waals surface area contributed by atoms with Gasteiger partial charge in [0.2, 0.25) is 5.91 Å². The van der Waals surface area contributed by atoms with Crippen LogP contribution in [-0.4, -0.2) is 46.2 Å². The number of aliphatic hydroxyl groups excluding tert-OH is 1. The lowest BCUT2D eigenvalue weighted by Crippen LogP contribution is -2.48. The van der Waals surface area contributed by atoms with Gasteiger partial charge in [0.25, 0.3) is 0 Å². The van der Waals surface area contributed by atoms with Gasteiger partial charge in [0.1, 0.15) is 0 Å². The standard InChI is InChI=1S/C7H13NO4S/c1-4(9)6(7(11)12)8-5(10)3-13-2/h4,6,9H,3H2,1-2H3,(H,8,10)(H,11,12). The van der Waals surface area contributed by atoms with Gasteiger partial charge in [-0.15, -0.1) is 0 Å². The van der Waals surface area contributed by atoms with E-state index in [0.29, 0.717) is 0 Å². The molecule has 0 bridgehead atoms. The molecule has 6 heteroatoms. The number of carbonyl (C=O) groups excluding carboxylic acids is 1. The molecule has 0 aromatic rings. The lowest BCUT2D eigenvalue weighted by molar-refractivity contribution is -0.144. The number of rotatable bonds is 5. The number of thioether (sulfide) groups is 1. The van der Waals surface area contributed by atoms with Crippen LogP contribution in [0.25, 0.3) is 0 Å². The first-order chi connectivity index (χ1) is 5.99. The van der Waals surface area contributed by atoms with E-state index >= 15 is 0 Å². The molecule has 2 unspecified atom stereocenters. The van der Waals surface area contributed by atoms with Gasteiger partial charge >= 0.3 is 5.97 Å². The van der Waals surface area contributed by atoms with E-state index in [9.17, 15) is 9.59 Å². The van der Waals surface area contributed by atoms with Gasteiger partial charge in [-0.1, -0.05) is 0 Å². The van der Waals surface area contributed by atoms with Crippen molar-refractivity contribution in [3.05, 3.63) is 0 Å². The van der Waals surface area contributed by atoms with Crippen LogP contribution in [-0.2, 0) is 9.59 Å². The molecule has 0 heterocycles. The third-order valence-corrected chi connectivity index (χ3v) is 1.89. The molecule has 0 aromatic carbocycles. The number of hydrogen-bond acceptors (Lipinski definition) is 4. The first kappa shape index (κ1) is 12.2. The van der Waals surface area contributed by atoms with Gasteiger partial charge in [0.05, 0.1) is 11.9 Å². The quantitative estimate of drug-likeness (QED) is 0.555. The van der Waals surface area contributed by atoms with E-state index < -0.39 is 18.1 Å². The number of carbonyl (C=O) groups is 2. The molecule has 0 fully saturated rings. The van der Waals surface area contributed by atoms with E-state index in [1.807, 2.05) is 0 Å². The second-order valence-electron chi connectivity index (χ2n) is 2.56. The topological polar surface area (TPSA) is 86.6 Å². The number of nitrogens with one attached hydrogen (secondary N) is 1. The summed E-state index contributed by atoms with van der Waals surface area (Å²) in [5.41, 5.74) is 0. The molecule has 0 aliphatic rings. The van der Waals surface area contributed by atoms with Gasteiger partial charge in [0.15, 0.2) is 6.04 Å². The van der Waals surface area contributed by atoms with E-state index in [-0.39, 0.29) is 11.7 Å². The molecule has 0 saturated carbocycles. The average molecular weight is 207 g/mol. The fraction of sp³-hybridized carbons (Fsp3) is 0.714. The SMILES string of the molecule is CSCC(=O)NC(C(=O)O)C(C)O. The average Bonchev–Trinajstić information content (AvgIpc) is 1.99. The van der Waals surface area contributed by atoms with Gasteiger partial charge < -0.3 is 15.5 Å². The monoisotopic (exact) mass is 207 g/mol. The van der Waals surface area contributed by atoms with Crippen molar-refractivity contribution in [2.24, 2.45) is 0 Å². The zero-order valence-electron chi connectivity index (χ0n) is 7.48. The number of aliphatic hydroxyl groups is 1. The van der Waals surface area contributed by atoms with Crippen LogP contribution < -0.4 is 5.32 Å². The molecule has 0 spiro atoms. The molecule has 0 aliphatic heterocycles. The van der Waals surface area contributed by atoms with Crippen LogP contribution in [0.5, 0.6) is 0 Å². The maximum atomic E-state index is 11.0. The molecule has 1 amide bonds. The molecule has 0 saturated heterocycles. The van der Waals surface area contributed by atoms with Crippen LogP contribution in [0.3, 0.4) is 0 Å². The van der Waals surface area contributed by atoms with Crippen LogP contribution in [0.1, 0.15) is 6.92 Å². The molecule has 0 radical (unpaired) electrons. The second kappa shape index (κ2) is 5.82. The Morgan fingerprint density at radius 2 is 2.08 bits per heavy atom. The minimum atomic E-state index is -1.23. The lowest BCUT2D eigenvalue weighted by atomic mass is 10.2. The summed E-state index contributed by atoms with van der Waals surface area (Å²) in [4.78, 5) is 21.5. The molecule has 13 heavy (non-hydrogen) atoms. The van der Waals surface area contributed by atoms with Gasteiger partial charge in [-0.2, -0.15) is 11.8 Å². The minimum Gasteiger partial charge on any atom is -0.480 e. The summed E-state index contributed by atoms with van der Waals surface area (Å²) in [5.74, 6) is -1.43. The molecule has 0 aliphatic carbocycles. The van der Waals surface area contributed by atoms with E-state index in [4.69, 9.17) is 10.2 Å². The van der Waals surface area contributed by atoms with E-state index in [1.54, 1.807) is 6.26 Å². The van der Waals surface area contributed by atoms with Crippen molar-refractivity contribution in [2.45, 2.75) is 19.1 Å². The fourth-order valence-corrected chi connectivity index (χ4v) is 1.08. The Balaban J connectivity index is 4.10. The van der Waals surface area contributed by atoms with Gasteiger partial charge in [-0.3, -0.25) is 4.79 Å². The molecule has 76 valence electrons. The first-order valence-electron chi connectivity index (χ1n) is 3.68. The van der Waals surface area contributed by atoms with Crippen molar-refractivity contribution in [2.75, 3.05) is 12.0 Å². The molecule has 5 nitrogen and oxygen atoms in total. The zero-order valence-corrected chi connectivity index (χ0v) is 8.30. The summed E-state index contributed by atoms with van der Waals surface area (Å²) in [6.07, 6.45) is 0.640. The number of hydrogen-bond donors (Lipinski definition) is 3. The van der Waals surface area contributed by atoms with Crippen LogP contribution >= 0.6 is 11.8 Å². The Labute approximate surface area is 80.5 Å². The molecule has 2 atom stereocenters. The third-order valence-electron chi connectivity index (χ3n) is 1.34. The number of amides is 1. The van der Waals surface area contributed by atoms with E-state index in [1.165, 1.54) is 18.7 Å². The van der Waals surface area contributed by atoms with Crippen LogP contribution in [0, 0.1) is 0 Å². The number of carboxylic acid groups (broad SMARTS) is 1. The van der Waals surface area contributed by atoms with Crippen LogP contribution in [0.2, 0.25) is 0 Å². The van der Waals surface area contributed by atoms with Crippen molar-refractivity contribution in [3.63, 3.8) is 0 Å². The van der Waals surface area contributed by atoms with Crippen LogP contribution in [0.4, 0.5) is 0 Å². The molecule has 0 aromatic heterocycles. The second-order valence-corrected chi connectivity index (χ2v) is 3.42. The summed E-state index contributed by atoms with van der Waals surface area (Å²) in [6.45, 7) is 1.32.